The highest BCUT2D eigenvalue weighted by Crippen LogP contribution is 2.06. The maximum atomic E-state index is 11.8. The van der Waals surface area contributed by atoms with Crippen molar-refractivity contribution < 1.29 is 9.47 Å². The van der Waals surface area contributed by atoms with E-state index in [4.69, 9.17) is 15.2 Å². The molecule has 0 amide bonds. The van der Waals surface area contributed by atoms with E-state index >= 15 is 0 Å². The summed E-state index contributed by atoms with van der Waals surface area (Å²) in [7, 11) is 0. The first-order chi connectivity index (χ1) is 8.92. The second-order valence-electron chi connectivity index (χ2n) is 5.20. The summed E-state index contributed by atoms with van der Waals surface area (Å²) in [5, 5.41) is 4.04. The molecule has 1 aromatic rings. The van der Waals surface area contributed by atoms with E-state index in [-0.39, 0.29) is 11.2 Å². The van der Waals surface area contributed by atoms with Crippen LogP contribution in [0.1, 0.15) is 27.2 Å². The van der Waals surface area contributed by atoms with Crippen molar-refractivity contribution in [2.24, 2.45) is 5.73 Å². The van der Waals surface area contributed by atoms with Crippen molar-refractivity contribution in [1.29, 1.82) is 0 Å². The van der Waals surface area contributed by atoms with E-state index in [9.17, 15) is 4.79 Å². The lowest BCUT2D eigenvalue weighted by Crippen LogP contribution is -2.27. The van der Waals surface area contributed by atoms with Gasteiger partial charge >= 0.3 is 0 Å². The van der Waals surface area contributed by atoms with Crippen molar-refractivity contribution >= 4 is 0 Å². The third-order valence-electron chi connectivity index (χ3n) is 2.30. The van der Waals surface area contributed by atoms with Crippen LogP contribution in [0.4, 0.5) is 0 Å². The van der Waals surface area contributed by atoms with Gasteiger partial charge in [-0.3, -0.25) is 4.79 Å². The molecular formula is C13H23N3O3. The fourth-order valence-corrected chi connectivity index (χ4v) is 1.38. The number of hydrogen-bond acceptors (Lipinski definition) is 5. The quantitative estimate of drug-likeness (QED) is 0.740. The number of hydrogen-bond donors (Lipinski definition) is 1. The molecule has 19 heavy (non-hydrogen) atoms. The van der Waals surface area contributed by atoms with Gasteiger partial charge in [0.25, 0.3) is 5.56 Å². The van der Waals surface area contributed by atoms with Gasteiger partial charge in [-0.25, -0.2) is 4.68 Å². The molecule has 0 saturated heterocycles. The molecule has 6 heteroatoms. The number of aromatic nitrogens is 2. The summed E-state index contributed by atoms with van der Waals surface area (Å²) in [6.07, 6.45) is 2.29. The SMILES string of the molecule is CC(C)(C)OCCn1ncc(OCCCN)cc1=O. The van der Waals surface area contributed by atoms with Crippen molar-refractivity contribution in [2.75, 3.05) is 19.8 Å². The highest BCUT2D eigenvalue weighted by atomic mass is 16.5. The maximum absolute atomic E-state index is 11.8. The molecule has 1 heterocycles. The summed E-state index contributed by atoms with van der Waals surface area (Å²) < 4.78 is 12.3. The Labute approximate surface area is 113 Å². The summed E-state index contributed by atoms with van der Waals surface area (Å²) in [6, 6.07) is 1.43. The standard InChI is InChI=1S/C13H23N3O3/c1-13(2,3)19-8-6-16-12(17)9-11(10-15-16)18-7-4-5-14/h9-10H,4-8,14H2,1-3H3. The Kier molecular flexibility index (Phi) is 5.98. The maximum Gasteiger partial charge on any atom is 0.270 e. The fraction of sp³-hybridized carbons (Fsp3) is 0.692. The number of ether oxygens (including phenoxy) is 2. The highest BCUT2D eigenvalue weighted by Gasteiger charge is 2.10. The zero-order chi connectivity index (χ0) is 14.3. The molecule has 108 valence electrons. The van der Waals surface area contributed by atoms with Gasteiger partial charge in [0.15, 0.2) is 0 Å². The van der Waals surface area contributed by atoms with Crippen molar-refractivity contribution in [3.8, 4) is 5.75 Å². The Balaban J connectivity index is 2.50. The zero-order valence-corrected chi connectivity index (χ0v) is 11.9. The highest BCUT2D eigenvalue weighted by molar-refractivity contribution is 5.13. The van der Waals surface area contributed by atoms with Crippen LogP contribution < -0.4 is 16.0 Å². The van der Waals surface area contributed by atoms with Crippen molar-refractivity contribution in [1.82, 2.24) is 9.78 Å². The van der Waals surface area contributed by atoms with Crippen LogP contribution in [-0.2, 0) is 11.3 Å². The van der Waals surface area contributed by atoms with E-state index in [2.05, 4.69) is 5.10 Å². The molecule has 0 fully saturated rings. The molecule has 0 atom stereocenters. The molecule has 1 aromatic heterocycles. The smallest absolute Gasteiger partial charge is 0.270 e. The molecule has 0 radical (unpaired) electrons. The Morgan fingerprint density at radius 3 is 2.68 bits per heavy atom. The summed E-state index contributed by atoms with van der Waals surface area (Å²) in [6.45, 7) is 7.85. The van der Waals surface area contributed by atoms with E-state index in [0.29, 0.717) is 32.1 Å². The molecule has 0 unspecified atom stereocenters. The Hall–Kier alpha value is -1.40. The minimum atomic E-state index is -0.213. The Morgan fingerprint density at radius 1 is 1.37 bits per heavy atom. The van der Waals surface area contributed by atoms with Gasteiger partial charge in [-0.15, -0.1) is 0 Å². The van der Waals surface area contributed by atoms with E-state index in [1.807, 2.05) is 20.8 Å². The third kappa shape index (κ3) is 6.35. The number of rotatable bonds is 7. The van der Waals surface area contributed by atoms with Crippen LogP contribution in [-0.4, -0.2) is 35.1 Å². The topological polar surface area (TPSA) is 79.4 Å². The predicted octanol–water partition coefficient (Wildman–Crippen LogP) is 0.786. The van der Waals surface area contributed by atoms with Crippen LogP contribution in [0.2, 0.25) is 0 Å². The molecule has 0 spiro atoms. The number of nitrogens with zero attached hydrogens (tertiary/aromatic N) is 2. The van der Waals surface area contributed by atoms with Gasteiger partial charge in [0.05, 0.1) is 31.6 Å². The van der Waals surface area contributed by atoms with E-state index in [1.54, 1.807) is 0 Å². The minimum Gasteiger partial charge on any atom is -0.492 e. The van der Waals surface area contributed by atoms with Crippen molar-refractivity contribution in [2.45, 2.75) is 39.3 Å². The molecule has 0 aliphatic carbocycles. The first-order valence-electron chi connectivity index (χ1n) is 6.46. The molecule has 0 aromatic carbocycles. The Morgan fingerprint density at radius 2 is 2.11 bits per heavy atom. The molecular weight excluding hydrogens is 246 g/mol. The summed E-state index contributed by atoms with van der Waals surface area (Å²) >= 11 is 0. The third-order valence-corrected chi connectivity index (χ3v) is 2.30. The normalized spacial score (nSPS) is 11.6. The molecule has 1 rings (SSSR count). The van der Waals surface area contributed by atoms with Gasteiger partial charge in [-0.1, -0.05) is 0 Å². The van der Waals surface area contributed by atoms with Crippen LogP contribution >= 0.6 is 0 Å². The largest absolute Gasteiger partial charge is 0.492 e. The average Bonchev–Trinajstić information content (AvgIpc) is 2.31. The molecule has 0 saturated carbocycles. The minimum absolute atomic E-state index is 0.192. The van der Waals surface area contributed by atoms with Crippen LogP contribution in [0.15, 0.2) is 17.1 Å². The van der Waals surface area contributed by atoms with Gasteiger partial charge < -0.3 is 15.2 Å². The van der Waals surface area contributed by atoms with Gasteiger partial charge in [-0.2, -0.15) is 5.10 Å². The average molecular weight is 269 g/mol. The molecule has 0 bridgehead atoms. The summed E-state index contributed by atoms with van der Waals surface area (Å²) in [4.78, 5) is 11.8. The van der Waals surface area contributed by atoms with E-state index in [1.165, 1.54) is 16.9 Å². The zero-order valence-electron chi connectivity index (χ0n) is 11.9. The lowest BCUT2D eigenvalue weighted by atomic mass is 10.2. The lowest BCUT2D eigenvalue weighted by molar-refractivity contribution is -0.00839. The molecule has 2 N–H and O–H groups in total. The monoisotopic (exact) mass is 269 g/mol. The van der Waals surface area contributed by atoms with Crippen LogP contribution in [0.3, 0.4) is 0 Å². The van der Waals surface area contributed by atoms with Crippen LogP contribution in [0.5, 0.6) is 5.75 Å². The fourth-order valence-electron chi connectivity index (χ4n) is 1.38. The number of nitrogens with two attached hydrogens (primary N) is 1. The molecule has 0 aliphatic heterocycles. The predicted molar refractivity (Wildman–Crippen MR) is 73.4 cm³/mol. The summed E-state index contributed by atoms with van der Waals surface area (Å²) in [5.74, 6) is 0.478. The van der Waals surface area contributed by atoms with Gasteiger partial charge in [0.1, 0.15) is 5.75 Å². The van der Waals surface area contributed by atoms with E-state index < -0.39 is 0 Å². The first kappa shape index (κ1) is 15.7. The Bertz CT molecular complexity index is 437. The summed E-state index contributed by atoms with van der Waals surface area (Å²) in [5.41, 5.74) is 4.96. The van der Waals surface area contributed by atoms with Gasteiger partial charge in [-0.05, 0) is 33.7 Å². The lowest BCUT2D eigenvalue weighted by Gasteiger charge is -2.19. The van der Waals surface area contributed by atoms with E-state index in [0.717, 1.165) is 6.42 Å². The second kappa shape index (κ2) is 7.25. The van der Waals surface area contributed by atoms with Crippen molar-refractivity contribution in [3.05, 3.63) is 22.6 Å². The van der Waals surface area contributed by atoms with Crippen LogP contribution in [0.25, 0.3) is 0 Å². The molecule has 6 nitrogen and oxygen atoms in total. The first-order valence-corrected chi connectivity index (χ1v) is 6.46. The van der Waals surface area contributed by atoms with Gasteiger partial charge in [0, 0.05) is 6.07 Å². The van der Waals surface area contributed by atoms with Gasteiger partial charge in [0.2, 0.25) is 0 Å². The van der Waals surface area contributed by atoms with Crippen LogP contribution in [0, 0.1) is 0 Å². The van der Waals surface area contributed by atoms with Crippen molar-refractivity contribution in [3.63, 3.8) is 0 Å². The molecule has 0 aliphatic rings. The second-order valence-corrected chi connectivity index (χ2v) is 5.20.